The fourth-order valence-corrected chi connectivity index (χ4v) is 4.67. The minimum atomic E-state index is 0.236. The monoisotopic (exact) mass is 447 g/mol. The van der Waals surface area contributed by atoms with Gasteiger partial charge in [0.25, 0.3) is 0 Å². The van der Waals surface area contributed by atoms with Gasteiger partial charge in [-0.25, -0.2) is 15.0 Å². The molecule has 174 valence electrons. The summed E-state index contributed by atoms with van der Waals surface area (Å²) in [7, 11) is 0. The molecule has 4 N–H and O–H groups in total. The molecule has 0 amide bonds. The lowest BCUT2D eigenvalue weighted by atomic mass is 10.0. The molecule has 4 aromatic rings. The van der Waals surface area contributed by atoms with Crippen LogP contribution in [0.4, 0.5) is 5.82 Å². The third-order valence-corrected chi connectivity index (χ3v) is 6.53. The fourth-order valence-electron chi connectivity index (χ4n) is 4.67. The molecule has 0 fully saturated rings. The van der Waals surface area contributed by atoms with E-state index in [2.05, 4.69) is 23.0 Å². The van der Waals surface area contributed by atoms with E-state index >= 15 is 0 Å². The number of aromatic nitrogens is 4. The molecule has 3 heterocycles. The van der Waals surface area contributed by atoms with Crippen molar-refractivity contribution in [2.24, 2.45) is 0 Å². The average molecular weight is 448 g/mol. The van der Waals surface area contributed by atoms with Gasteiger partial charge in [0.2, 0.25) is 0 Å². The number of pyridine rings is 1. The highest BCUT2D eigenvalue weighted by Crippen LogP contribution is 2.37. The largest absolute Gasteiger partial charge is 0.508 e. The highest BCUT2D eigenvalue weighted by Gasteiger charge is 2.21. The predicted octanol–water partition coefficient (Wildman–Crippen LogP) is 5.06. The molecule has 7 nitrogen and oxygen atoms in total. The average Bonchev–Trinajstić information content (AvgIpc) is 3.10. The zero-order valence-corrected chi connectivity index (χ0v) is 19.7. The molecule has 0 saturated heterocycles. The molecule has 0 radical (unpaired) electrons. The zero-order chi connectivity index (χ0) is 23.5. The van der Waals surface area contributed by atoms with Gasteiger partial charge in [-0.2, -0.15) is 0 Å². The molecule has 0 spiro atoms. The van der Waals surface area contributed by atoms with E-state index in [4.69, 9.17) is 15.8 Å². The third-order valence-electron chi connectivity index (χ3n) is 6.53. The number of hydrogen-bond acceptors (Lipinski definition) is 6. The van der Waals surface area contributed by atoms with E-state index in [-0.39, 0.29) is 12.4 Å². The number of nitrogen functional groups attached to an aromatic ring is 1. The Bertz CT molecular complexity index is 1300. The van der Waals surface area contributed by atoms with Crippen LogP contribution >= 0.6 is 0 Å². The Morgan fingerprint density at radius 2 is 1.67 bits per heavy atom. The van der Waals surface area contributed by atoms with Crippen LogP contribution in [-0.4, -0.2) is 36.3 Å². The Morgan fingerprint density at radius 1 is 0.939 bits per heavy atom. The van der Waals surface area contributed by atoms with Crippen molar-refractivity contribution in [3.8, 4) is 11.4 Å². The lowest BCUT2D eigenvalue weighted by Crippen LogP contribution is -2.04. The van der Waals surface area contributed by atoms with Crippen molar-refractivity contribution in [3.05, 3.63) is 46.9 Å². The Hall–Kier alpha value is -3.19. The smallest absolute Gasteiger partial charge is 0.152 e. The Balaban J connectivity index is 1.78. The van der Waals surface area contributed by atoms with Gasteiger partial charge < -0.3 is 15.9 Å². The summed E-state index contributed by atoms with van der Waals surface area (Å²) in [6.45, 7) is 6.26. The number of phenols is 1. The summed E-state index contributed by atoms with van der Waals surface area (Å²) >= 11 is 0. The molecule has 0 unspecified atom stereocenters. The molecule has 1 aromatic carbocycles. The predicted molar refractivity (Wildman–Crippen MR) is 133 cm³/mol. The molecule has 0 aliphatic heterocycles. The first-order valence-electron chi connectivity index (χ1n) is 11.8. The second-order valence-corrected chi connectivity index (χ2v) is 8.87. The Morgan fingerprint density at radius 3 is 2.42 bits per heavy atom. The number of aliphatic hydroxyl groups excluding tert-OH is 1. The van der Waals surface area contributed by atoms with Crippen molar-refractivity contribution in [2.75, 3.05) is 12.3 Å². The van der Waals surface area contributed by atoms with Crippen LogP contribution in [0.5, 0.6) is 5.75 Å². The first-order valence-corrected chi connectivity index (χ1v) is 11.8. The number of rotatable bonds is 9. The van der Waals surface area contributed by atoms with Crippen LogP contribution in [0.3, 0.4) is 0 Å². The second kappa shape index (κ2) is 9.75. The standard InChI is InChI=1S/C26H33N5O2/c1-16-11-12-21(33)17(2)23(16)31-25-20(22-24(27)28-15-29-26(22)31)14-19(18(3)30-25)10-8-6-4-5-7-9-13-32/h11-12,14-15,32-33H,4-10,13H2,1-3H3,(H2,27,28,29). The highest BCUT2D eigenvalue weighted by molar-refractivity contribution is 6.11. The van der Waals surface area contributed by atoms with Gasteiger partial charge in [-0.05, 0) is 63.3 Å². The van der Waals surface area contributed by atoms with Crippen molar-refractivity contribution < 1.29 is 10.2 Å². The number of nitrogens with two attached hydrogens (primary N) is 1. The van der Waals surface area contributed by atoms with Crippen molar-refractivity contribution in [1.29, 1.82) is 0 Å². The first kappa shape index (κ1) is 23.0. The van der Waals surface area contributed by atoms with Crippen molar-refractivity contribution in [2.45, 2.75) is 65.7 Å². The van der Waals surface area contributed by atoms with E-state index in [1.807, 2.05) is 24.5 Å². The number of hydrogen-bond donors (Lipinski definition) is 3. The van der Waals surface area contributed by atoms with Gasteiger partial charge in [-0.3, -0.25) is 4.57 Å². The number of unbranched alkanes of at least 4 members (excludes halogenated alkanes) is 5. The van der Waals surface area contributed by atoms with E-state index in [1.165, 1.54) is 24.7 Å². The number of aliphatic hydroxyl groups is 1. The summed E-state index contributed by atoms with van der Waals surface area (Å²) in [4.78, 5) is 13.8. The van der Waals surface area contributed by atoms with Gasteiger partial charge in [-0.1, -0.05) is 31.7 Å². The fraction of sp³-hybridized carbons (Fsp3) is 0.423. The maximum Gasteiger partial charge on any atom is 0.152 e. The summed E-state index contributed by atoms with van der Waals surface area (Å²) in [5.41, 5.74) is 12.7. The lowest BCUT2D eigenvalue weighted by Gasteiger charge is -2.15. The lowest BCUT2D eigenvalue weighted by molar-refractivity contribution is 0.282. The maximum atomic E-state index is 10.4. The Labute approximate surface area is 194 Å². The summed E-state index contributed by atoms with van der Waals surface area (Å²) < 4.78 is 2.00. The Kier molecular flexibility index (Phi) is 6.79. The van der Waals surface area contributed by atoms with Crippen molar-refractivity contribution in [1.82, 2.24) is 19.5 Å². The summed E-state index contributed by atoms with van der Waals surface area (Å²) in [5, 5.41) is 21.1. The summed E-state index contributed by atoms with van der Waals surface area (Å²) in [6.07, 6.45) is 9.04. The minimum Gasteiger partial charge on any atom is -0.508 e. The minimum absolute atomic E-state index is 0.236. The molecule has 0 aliphatic carbocycles. The van der Waals surface area contributed by atoms with Crippen LogP contribution < -0.4 is 5.73 Å². The van der Waals surface area contributed by atoms with Crippen LogP contribution in [0.1, 0.15) is 60.9 Å². The number of aromatic hydroxyl groups is 1. The van der Waals surface area contributed by atoms with Crippen molar-refractivity contribution in [3.63, 3.8) is 0 Å². The van der Waals surface area contributed by atoms with Crippen LogP contribution in [0.2, 0.25) is 0 Å². The number of anilines is 1. The first-order chi connectivity index (χ1) is 15.9. The van der Waals surface area contributed by atoms with E-state index < -0.39 is 0 Å². The third kappa shape index (κ3) is 4.37. The molecule has 33 heavy (non-hydrogen) atoms. The van der Waals surface area contributed by atoms with Gasteiger partial charge in [0, 0.05) is 23.3 Å². The van der Waals surface area contributed by atoms with Gasteiger partial charge >= 0.3 is 0 Å². The molecule has 7 heteroatoms. The molecular formula is C26H33N5O2. The van der Waals surface area contributed by atoms with Crippen LogP contribution in [0, 0.1) is 20.8 Å². The number of aryl methyl sites for hydroxylation is 3. The van der Waals surface area contributed by atoms with Gasteiger partial charge in [0.05, 0.1) is 11.1 Å². The van der Waals surface area contributed by atoms with Crippen LogP contribution in [0.15, 0.2) is 24.5 Å². The van der Waals surface area contributed by atoms with Crippen molar-refractivity contribution >= 4 is 27.9 Å². The number of phenolic OH excluding ortho intramolecular Hbond substituents is 1. The number of fused-ring (bicyclic) bond motifs is 3. The van der Waals surface area contributed by atoms with Gasteiger partial charge in [0.1, 0.15) is 23.5 Å². The summed E-state index contributed by atoms with van der Waals surface area (Å²) in [5.74, 6) is 0.666. The van der Waals surface area contributed by atoms with Gasteiger partial charge in [-0.15, -0.1) is 0 Å². The maximum absolute atomic E-state index is 10.4. The number of nitrogens with zero attached hydrogens (tertiary/aromatic N) is 4. The van der Waals surface area contributed by atoms with E-state index in [1.54, 1.807) is 6.07 Å². The molecule has 4 rings (SSSR count). The second-order valence-electron chi connectivity index (χ2n) is 8.87. The van der Waals surface area contributed by atoms with Gasteiger partial charge in [0.15, 0.2) is 5.65 Å². The quantitative estimate of drug-likeness (QED) is 0.309. The highest BCUT2D eigenvalue weighted by atomic mass is 16.3. The topological polar surface area (TPSA) is 110 Å². The molecule has 0 bridgehead atoms. The molecule has 3 aromatic heterocycles. The van der Waals surface area contributed by atoms with E-state index in [9.17, 15) is 5.11 Å². The normalized spacial score (nSPS) is 11.6. The van der Waals surface area contributed by atoms with Crippen LogP contribution in [-0.2, 0) is 6.42 Å². The van der Waals surface area contributed by atoms with E-state index in [0.717, 1.165) is 71.0 Å². The molecule has 0 aliphatic rings. The SMILES string of the molecule is Cc1ccc(O)c(C)c1-n1c2nc(C)c(CCCCCCCCO)cc2c2c(N)ncnc21. The molecule has 0 atom stereocenters. The zero-order valence-electron chi connectivity index (χ0n) is 19.7. The molecular weight excluding hydrogens is 414 g/mol. The summed E-state index contributed by atoms with van der Waals surface area (Å²) in [6, 6.07) is 5.81. The van der Waals surface area contributed by atoms with E-state index in [0.29, 0.717) is 11.5 Å². The molecule has 0 saturated carbocycles. The van der Waals surface area contributed by atoms with Crippen LogP contribution in [0.25, 0.3) is 27.8 Å². The number of benzene rings is 1.